The van der Waals surface area contributed by atoms with Crippen molar-refractivity contribution >= 4 is 27.4 Å². The van der Waals surface area contributed by atoms with Crippen LogP contribution in [0.15, 0.2) is 47.4 Å². The number of fused-ring (bicyclic) bond motifs is 1. The van der Waals surface area contributed by atoms with Gasteiger partial charge in [0.2, 0.25) is 10.0 Å². The number of carbonyl (C=O) groups excluding carboxylic acids is 2. The fourth-order valence-electron chi connectivity index (χ4n) is 3.96. The molecule has 0 atom stereocenters. The van der Waals surface area contributed by atoms with Gasteiger partial charge in [-0.3, -0.25) is 9.59 Å². The zero-order valence-corrected chi connectivity index (χ0v) is 18.5. The molecule has 1 saturated heterocycles. The number of piperidine rings is 1. The maximum absolute atomic E-state index is 12.7. The number of nitrogens with zero attached hydrogens (tertiary/aromatic N) is 1. The van der Waals surface area contributed by atoms with E-state index in [9.17, 15) is 18.0 Å². The normalized spacial score (nSPS) is 18.7. The average Bonchev–Trinajstić information content (AvgIpc) is 2.74. The van der Waals surface area contributed by atoms with E-state index in [1.165, 1.54) is 22.5 Å². The van der Waals surface area contributed by atoms with Gasteiger partial charge in [-0.15, -0.1) is 0 Å². The average molecular weight is 443 g/mol. The molecule has 0 aromatic heterocycles. The van der Waals surface area contributed by atoms with Gasteiger partial charge in [0.05, 0.1) is 16.9 Å². The highest BCUT2D eigenvalue weighted by molar-refractivity contribution is 7.89. The number of ether oxygens (including phenoxy) is 1. The summed E-state index contributed by atoms with van der Waals surface area (Å²) in [6.45, 7) is 4.78. The smallest absolute Gasteiger partial charge is 0.255 e. The number of rotatable bonds is 4. The fraction of sp³-hybridized carbons (Fsp3) is 0.391. The van der Waals surface area contributed by atoms with Crippen LogP contribution in [0.2, 0.25) is 0 Å². The van der Waals surface area contributed by atoms with Crippen molar-refractivity contribution in [3.63, 3.8) is 0 Å². The number of hydrogen-bond acceptors (Lipinski definition) is 5. The number of ketones is 1. The summed E-state index contributed by atoms with van der Waals surface area (Å²) in [4.78, 5) is 25.3. The van der Waals surface area contributed by atoms with E-state index in [2.05, 4.69) is 5.32 Å². The van der Waals surface area contributed by atoms with Crippen LogP contribution in [-0.4, -0.2) is 43.1 Å². The van der Waals surface area contributed by atoms with Crippen molar-refractivity contribution in [2.75, 3.05) is 18.4 Å². The van der Waals surface area contributed by atoms with Crippen LogP contribution in [0.5, 0.6) is 5.75 Å². The van der Waals surface area contributed by atoms with Gasteiger partial charge < -0.3 is 10.1 Å². The number of sulfonamides is 1. The summed E-state index contributed by atoms with van der Waals surface area (Å²) in [6, 6.07) is 10.9. The number of Topliss-reactive ketones (excluding diaryl/α,β-unsaturated/α-hetero) is 1. The van der Waals surface area contributed by atoms with E-state index in [4.69, 9.17) is 4.74 Å². The molecule has 1 amide bonds. The predicted octanol–water partition coefficient (Wildman–Crippen LogP) is 3.86. The third-order valence-electron chi connectivity index (χ3n) is 5.58. The summed E-state index contributed by atoms with van der Waals surface area (Å²) in [5, 5.41) is 2.75. The molecule has 2 aromatic carbocycles. The Balaban J connectivity index is 1.48. The second-order valence-corrected chi connectivity index (χ2v) is 10.6. The molecule has 7 nitrogen and oxygen atoms in total. The van der Waals surface area contributed by atoms with Gasteiger partial charge in [0.15, 0.2) is 5.78 Å². The van der Waals surface area contributed by atoms with Crippen molar-refractivity contribution in [1.82, 2.24) is 4.31 Å². The third kappa shape index (κ3) is 4.50. The minimum atomic E-state index is -3.52. The van der Waals surface area contributed by atoms with Crippen molar-refractivity contribution in [3.8, 4) is 5.75 Å². The van der Waals surface area contributed by atoms with E-state index in [-0.39, 0.29) is 23.0 Å². The number of amides is 1. The van der Waals surface area contributed by atoms with Crippen LogP contribution >= 0.6 is 0 Å². The number of anilines is 1. The van der Waals surface area contributed by atoms with E-state index >= 15 is 0 Å². The monoisotopic (exact) mass is 442 g/mol. The largest absolute Gasteiger partial charge is 0.487 e. The van der Waals surface area contributed by atoms with Crippen LogP contribution < -0.4 is 10.1 Å². The Labute approximate surface area is 182 Å². The molecule has 31 heavy (non-hydrogen) atoms. The Kier molecular flexibility index (Phi) is 5.61. The lowest BCUT2D eigenvalue weighted by molar-refractivity contribution is 0.0620. The highest BCUT2D eigenvalue weighted by Gasteiger charge is 2.33. The molecule has 164 valence electrons. The molecule has 0 aliphatic carbocycles. The van der Waals surface area contributed by atoms with Crippen LogP contribution in [0, 0.1) is 0 Å². The zero-order chi connectivity index (χ0) is 22.2. The summed E-state index contributed by atoms with van der Waals surface area (Å²) in [7, 11) is -3.52. The van der Waals surface area contributed by atoms with Gasteiger partial charge in [0.1, 0.15) is 11.4 Å². The van der Waals surface area contributed by atoms with Crippen molar-refractivity contribution < 1.29 is 22.7 Å². The molecule has 0 unspecified atom stereocenters. The first-order chi connectivity index (χ1) is 14.7. The van der Waals surface area contributed by atoms with E-state index in [1.807, 2.05) is 13.8 Å². The number of hydrogen-bond donors (Lipinski definition) is 1. The van der Waals surface area contributed by atoms with Crippen molar-refractivity contribution in [3.05, 3.63) is 53.6 Å². The second-order valence-electron chi connectivity index (χ2n) is 8.62. The van der Waals surface area contributed by atoms with E-state index in [0.717, 1.165) is 19.3 Å². The maximum atomic E-state index is 12.7. The van der Waals surface area contributed by atoms with Crippen LogP contribution in [0.4, 0.5) is 5.69 Å². The summed E-state index contributed by atoms with van der Waals surface area (Å²) in [5.74, 6) is 0.0327. The lowest BCUT2D eigenvalue weighted by Gasteiger charge is -2.31. The molecule has 0 spiro atoms. The highest BCUT2D eigenvalue weighted by Crippen LogP contribution is 2.33. The van der Waals surface area contributed by atoms with Crippen molar-refractivity contribution in [1.29, 1.82) is 0 Å². The first-order valence-corrected chi connectivity index (χ1v) is 11.9. The van der Waals surface area contributed by atoms with E-state index < -0.39 is 15.6 Å². The van der Waals surface area contributed by atoms with Gasteiger partial charge in [-0.2, -0.15) is 4.31 Å². The second kappa shape index (κ2) is 8.09. The minimum absolute atomic E-state index is 0.0619. The summed E-state index contributed by atoms with van der Waals surface area (Å²) in [5.41, 5.74) is 0.642. The lowest BCUT2D eigenvalue weighted by atomic mass is 9.92. The van der Waals surface area contributed by atoms with Crippen LogP contribution in [0.25, 0.3) is 0 Å². The molecule has 2 aliphatic heterocycles. The zero-order valence-electron chi connectivity index (χ0n) is 17.7. The summed E-state index contributed by atoms with van der Waals surface area (Å²) in [6.07, 6.45) is 3.05. The molecular formula is C23H26N2O5S. The molecule has 0 bridgehead atoms. The van der Waals surface area contributed by atoms with Gasteiger partial charge in [-0.05, 0) is 69.2 Å². The Bertz CT molecular complexity index is 1120. The minimum Gasteiger partial charge on any atom is -0.487 e. The van der Waals surface area contributed by atoms with Crippen LogP contribution in [0.1, 0.15) is 60.2 Å². The number of benzene rings is 2. The van der Waals surface area contributed by atoms with Gasteiger partial charge in [-0.25, -0.2) is 8.42 Å². The van der Waals surface area contributed by atoms with Crippen LogP contribution in [-0.2, 0) is 10.0 Å². The van der Waals surface area contributed by atoms with Gasteiger partial charge in [0, 0.05) is 24.3 Å². The lowest BCUT2D eigenvalue weighted by Crippen LogP contribution is -2.36. The Hall–Kier alpha value is -2.71. The fourth-order valence-corrected chi connectivity index (χ4v) is 5.48. The molecule has 2 heterocycles. The molecule has 0 radical (unpaired) electrons. The molecule has 4 rings (SSSR count). The summed E-state index contributed by atoms with van der Waals surface area (Å²) >= 11 is 0. The SMILES string of the molecule is CC1(C)CC(=O)c2cc(C(=O)Nc3ccc(S(=O)(=O)N4CCCCC4)cc3)ccc2O1. The Morgan fingerprint density at radius 3 is 2.39 bits per heavy atom. The number of nitrogens with one attached hydrogen (secondary N) is 1. The molecular weight excluding hydrogens is 416 g/mol. The van der Waals surface area contributed by atoms with Gasteiger partial charge >= 0.3 is 0 Å². The summed E-state index contributed by atoms with van der Waals surface area (Å²) < 4.78 is 32.8. The van der Waals surface area contributed by atoms with Gasteiger partial charge in [0.25, 0.3) is 5.91 Å². The van der Waals surface area contributed by atoms with Crippen molar-refractivity contribution in [2.45, 2.75) is 50.0 Å². The molecule has 0 saturated carbocycles. The Morgan fingerprint density at radius 2 is 1.71 bits per heavy atom. The van der Waals surface area contributed by atoms with Crippen molar-refractivity contribution in [2.24, 2.45) is 0 Å². The maximum Gasteiger partial charge on any atom is 0.255 e. The quantitative estimate of drug-likeness (QED) is 0.776. The molecule has 8 heteroatoms. The van der Waals surface area contributed by atoms with E-state index in [0.29, 0.717) is 35.7 Å². The molecule has 2 aromatic rings. The molecule has 2 aliphatic rings. The standard InChI is InChI=1S/C23H26N2O5S/c1-23(2)15-20(26)19-14-16(6-11-21(19)30-23)22(27)24-17-7-9-18(10-8-17)31(28,29)25-12-4-3-5-13-25/h6-11,14H,3-5,12-13,15H2,1-2H3,(H,24,27). The number of carbonyl (C=O) groups is 2. The van der Waals surface area contributed by atoms with E-state index in [1.54, 1.807) is 24.3 Å². The molecule has 1 fully saturated rings. The van der Waals surface area contributed by atoms with Gasteiger partial charge in [-0.1, -0.05) is 6.42 Å². The topological polar surface area (TPSA) is 92.8 Å². The van der Waals surface area contributed by atoms with Crippen LogP contribution in [0.3, 0.4) is 0 Å². The first kappa shape index (κ1) is 21.5. The Morgan fingerprint density at radius 1 is 1.03 bits per heavy atom. The molecule has 1 N–H and O–H groups in total. The first-order valence-electron chi connectivity index (χ1n) is 10.4. The highest BCUT2D eigenvalue weighted by atomic mass is 32.2. The third-order valence-corrected chi connectivity index (χ3v) is 7.49. The predicted molar refractivity (Wildman–Crippen MR) is 117 cm³/mol.